The number of nitrogens with two attached hydrogens (primary N) is 1. The van der Waals surface area contributed by atoms with Crippen LogP contribution in [0.2, 0.25) is 0 Å². The number of benzene rings is 1. The van der Waals surface area contributed by atoms with E-state index in [1.807, 2.05) is 11.3 Å². The van der Waals surface area contributed by atoms with Crippen molar-refractivity contribution in [3.05, 3.63) is 39.7 Å². The van der Waals surface area contributed by atoms with Crippen LogP contribution in [0.4, 0.5) is 0 Å². The summed E-state index contributed by atoms with van der Waals surface area (Å²) in [5, 5.41) is 1.18. The van der Waals surface area contributed by atoms with Crippen LogP contribution < -0.4 is 5.73 Å². The van der Waals surface area contributed by atoms with Crippen LogP contribution in [0.15, 0.2) is 24.3 Å². The van der Waals surface area contributed by atoms with Gasteiger partial charge in [0.2, 0.25) is 0 Å². The SMILES string of the molecule is NC1(c2nc3c(s2)CCCc2ccccc2-3)CCCC1. The lowest BCUT2D eigenvalue weighted by atomic mass is 10.00. The summed E-state index contributed by atoms with van der Waals surface area (Å²) in [6.07, 6.45) is 8.24. The number of hydrogen-bond donors (Lipinski definition) is 1. The van der Waals surface area contributed by atoms with E-state index in [2.05, 4.69) is 24.3 Å². The molecule has 1 aromatic carbocycles. The summed E-state index contributed by atoms with van der Waals surface area (Å²) < 4.78 is 0. The minimum atomic E-state index is -0.147. The minimum absolute atomic E-state index is 0.147. The van der Waals surface area contributed by atoms with Gasteiger partial charge in [0.25, 0.3) is 0 Å². The highest BCUT2D eigenvalue weighted by Crippen LogP contribution is 2.42. The van der Waals surface area contributed by atoms with Crippen molar-refractivity contribution in [2.75, 3.05) is 0 Å². The second-order valence-electron chi connectivity index (χ2n) is 6.16. The molecule has 0 bridgehead atoms. The van der Waals surface area contributed by atoms with Crippen molar-refractivity contribution in [3.63, 3.8) is 0 Å². The van der Waals surface area contributed by atoms with Crippen LogP contribution in [0.3, 0.4) is 0 Å². The fraction of sp³-hybridized carbons (Fsp3) is 0.471. The van der Waals surface area contributed by atoms with Crippen molar-refractivity contribution in [2.24, 2.45) is 5.73 Å². The highest BCUT2D eigenvalue weighted by atomic mass is 32.1. The Morgan fingerprint density at radius 1 is 1.05 bits per heavy atom. The molecule has 3 heteroatoms. The van der Waals surface area contributed by atoms with Crippen molar-refractivity contribution in [3.8, 4) is 11.3 Å². The molecule has 2 nitrogen and oxygen atoms in total. The van der Waals surface area contributed by atoms with E-state index in [1.54, 1.807) is 0 Å². The maximum atomic E-state index is 6.60. The molecule has 1 heterocycles. The van der Waals surface area contributed by atoms with E-state index in [0.29, 0.717) is 0 Å². The third-order valence-electron chi connectivity index (χ3n) is 4.74. The Labute approximate surface area is 124 Å². The monoisotopic (exact) mass is 284 g/mol. The summed E-state index contributed by atoms with van der Waals surface area (Å²) in [4.78, 5) is 6.45. The molecule has 1 aromatic heterocycles. The molecular formula is C17H20N2S. The molecule has 0 radical (unpaired) electrons. The number of rotatable bonds is 1. The molecule has 20 heavy (non-hydrogen) atoms. The first-order chi connectivity index (χ1) is 9.76. The summed E-state index contributed by atoms with van der Waals surface area (Å²) in [5.74, 6) is 0. The van der Waals surface area contributed by atoms with Crippen LogP contribution in [-0.4, -0.2) is 4.98 Å². The van der Waals surface area contributed by atoms with Gasteiger partial charge in [-0.15, -0.1) is 11.3 Å². The first kappa shape index (κ1) is 12.5. The zero-order chi connectivity index (χ0) is 13.6. The summed E-state index contributed by atoms with van der Waals surface area (Å²) >= 11 is 1.87. The Morgan fingerprint density at radius 2 is 1.85 bits per heavy atom. The van der Waals surface area contributed by atoms with Crippen LogP contribution in [0.5, 0.6) is 0 Å². The molecule has 0 aliphatic heterocycles. The molecule has 0 saturated heterocycles. The predicted octanol–water partition coefficient (Wildman–Crippen LogP) is 4.03. The van der Waals surface area contributed by atoms with Crippen molar-refractivity contribution in [1.82, 2.24) is 4.98 Å². The summed E-state index contributed by atoms with van der Waals surface area (Å²) in [6.45, 7) is 0. The molecule has 0 unspecified atom stereocenters. The predicted molar refractivity (Wildman–Crippen MR) is 83.9 cm³/mol. The van der Waals surface area contributed by atoms with Crippen molar-refractivity contribution in [1.29, 1.82) is 0 Å². The molecule has 104 valence electrons. The summed E-state index contributed by atoms with van der Waals surface area (Å²) in [5.41, 5.74) is 10.5. The van der Waals surface area contributed by atoms with E-state index in [1.165, 1.54) is 52.4 Å². The second kappa shape index (κ2) is 4.68. The highest BCUT2D eigenvalue weighted by Gasteiger charge is 2.35. The van der Waals surface area contributed by atoms with Crippen LogP contribution in [0, 0.1) is 0 Å². The maximum Gasteiger partial charge on any atom is 0.113 e. The minimum Gasteiger partial charge on any atom is -0.319 e. The normalized spacial score (nSPS) is 20.2. The van der Waals surface area contributed by atoms with E-state index in [-0.39, 0.29) is 5.54 Å². The quantitative estimate of drug-likeness (QED) is 0.858. The number of thiazole rings is 1. The molecule has 0 spiro atoms. The lowest BCUT2D eigenvalue weighted by Crippen LogP contribution is -2.32. The Balaban J connectivity index is 1.84. The maximum absolute atomic E-state index is 6.60. The number of aryl methyl sites for hydroxylation is 2. The molecule has 2 aliphatic carbocycles. The van der Waals surface area contributed by atoms with E-state index < -0.39 is 0 Å². The van der Waals surface area contributed by atoms with Gasteiger partial charge in [0.1, 0.15) is 5.01 Å². The van der Waals surface area contributed by atoms with Gasteiger partial charge in [-0.2, -0.15) is 0 Å². The lowest BCUT2D eigenvalue weighted by molar-refractivity contribution is 0.459. The molecule has 2 N–H and O–H groups in total. The van der Waals surface area contributed by atoms with Gasteiger partial charge in [0.15, 0.2) is 0 Å². The summed E-state index contributed by atoms with van der Waals surface area (Å²) in [6, 6.07) is 8.73. The first-order valence-corrected chi connectivity index (χ1v) is 8.45. The van der Waals surface area contributed by atoms with Gasteiger partial charge in [-0.1, -0.05) is 37.1 Å². The lowest BCUT2D eigenvalue weighted by Gasteiger charge is -2.20. The van der Waals surface area contributed by atoms with Gasteiger partial charge >= 0.3 is 0 Å². The van der Waals surface area contributed by atoms with Gasteiger partial charge in [0, 0.05) is 10.4 Å². The van der Waals surface area contributed by atoms with Gasteiger partial charge in [-0.05, 0) is 37.7 Å². The Morgan fingerprint density at radius 3 is 2.70 bits per heavy atom. The van der Waals surface area contributed by atoms with Crippen LogP contribution >= 0.6 is 11.3 Å². The summed E-state index contributed by atoms with van der Waals surface area (Å²) in [7, 11) is 0. The highest BCUT2D eigenvalue weighted by molar-refractivity contribution is 7.12. The first-order valence-electron chi connectivity index (χ1n) is 7.64. The zero-order valence-corrected chi connectivity index (χ0v) is 12.5. The average Bonchev–Trinajstić information content (AvgIpc) is 3.04. The van der Waals surface area contributed by atoms with Crippen molar-refractivity contribution in [2.45, 2.75) is 50.5 Å². The molecule has 0 atom stereocenters. The van der Waals surface area contributed by atoms with Gasteiger partial charge in [-0.3, -0.25) is 0 Å². The number of hydrogen-bond acceptors (Lipinski definition) is 3. The van der Waals surface area contributed by atoms with Crippen LogP contribution in [0.25, 0.3) is 11.3 Å². The zero-order valence-electron chi connectivity index (χ0n) is 11.7. The molecule has 2 aromatic rings. The third kappa shape index (κ3) is 1.92. The third-order valence-corrected chi connectivity index (χ3v) is 6.08. The molecule has 0 amide bonds. The average molecular weight is 284 g/mol. The fourth-order valence-electron chi connectivity index (χ4n) is 3.57. The molecule has 1 saturated carbocycles. The molecular weight excluding hydrogens is 264 g/mol. The van der Waals surface area contributed by atoms with Gasteiger partial charge in [0.05, 0.1) is 11.2 Å². The Hall–Kier alpha value is -1.19. The number of nitrogens with zero attached hydrogens (tertiary/aromatic N) is 1. The molecule has 1 fully saturated rings. The van der Waals surface area contributed by atoms with E-state index in [9.17, 15) is 0 Å². The Kier molecular flexibility index (Phi) is 2.93. The molecule has 4 rings (SSSR count). The number of aromatic nitrogens is 1. The van der Waals surface area contributed by atoms with E-state index in [0.717, 1.165) is 19.3 Å². The van der Waals surface area contributed by atoms with E-state index in [4.69, 9.17) is 10.7 Å². The van der Waals surface area contributed by atoms with Crippen LogP contribution in [0.1, 0.15) is 47.6 Å². The second-order valence-corrected chi connectivity index (χ2v) is 7.25. The van der Waals surface area contributed by atoms with E-state index >= 15 is 0 Å². The van der Waals surface area contributed by atoms with Crippen molar-refractivity contribution < 1.29 is 0 Å². The number of fused-ring (bicyclic) bond motifs is 3. The Bertz CT molecular complexity index is 638. The van der Waals surface area contributed by atoms with Crippen LogP contribution in [-0.2, 0) is 18.4 Å². The van der Waals surface area contributed by atoms with Gasteiger partial charge < -0.3 is 5.73 Å². The smallest absolute Gasteiger partial charge is 0.113 e. The standard InChI is InChI=1S/C17H20N2S/c18-17(10-3-4-11-17)16-19-15-13-8-2-1-6-12(13)7-5-9-14(15)20-16/h1-2,6,8H,3-5,7,9-11,18H2. The fourth-order valence-corrected chi connectivity index (χ4v) is 4.85. The van der Waals surface area contributed by atoms with Crippen molar-refractivity contribution >= 4 is 11.3 Å². The topological polar surface area (TPSA) is 38.9 Å². The van der Waals surface area contributed by atoms with Gasteiger partial charge in [-0.25, -0.2) is 4.98 Å². The largest absolute Gasteiger partial charge is 0.319 e. The molecule has 2 aliphatic rings.